The number of anilines is 2. The van der Waals surface area contributed by atoms with E-state index in [0.29, 0.717) is 17.5 Å². The van der Waals surface area contributed by atoms with Crippen LogP contribution in [0.5, 0.6) is 0 Å². The Bertz CT molecular complexity index is 1040. The number of alkyl halides is 3. The molecular formula is C18H14F3N3O3. The summed E-state index contributed by atoms with van der Waals surface area (Å²) < 4.78 is 42.6. The molecule has 27 heavy (non-hydrogen) atoms. The summed E-state index contributed by atoms with van der Waals surface area (Å²) in [7, 11) is 0. The fourth-order valence-electron chi connectivity index (χ4n) is 2.44. The Morgan fingerprint density at radius 1 is 1.19 bits per heavy atom. The molecule has 6 nitrogen and oxygen atoms in total. The Kier molecular flexibility index (Phi) is 4.85. The van der Waals surface area contributed by atoms with E-state index in [1.165, 1.54) is 12.1 Å². The van der Waals surface area contributed by atoms with Gasteiger partial charge in [-0.3, -0.25) is 4.79 Å². The third-order valence-electron chi connectivity index (χ3n) is 3.76. The summed E-state index contributed by atoms with van der Waals surface area (Å²) in [4.78, 5) is 27.1. The molecule has 3 rings (SSSR count). The number of nitrogens with one attached hydrogen (secondary N) is 2. The highest BCUT2D eigenvalue weighted by atomic mass is 19.4. The van der Waals surface area contributed by atoms with Gasteiger partial charge in [-0.1, -0.05) is 0 Å². The maximum Gasteiger partial charge on any atom is 0.417 e. The van der Waals surface area contributed by atoms with Crippen LogP contribution in [-0.2, 0) is 11.0 Å². The number of rotatable bonds is 4. The van der Waals surface area contributed by atoms with Crippen LogP contribution in [0.4, 0.5) is 24.7 Å². The lowest BCUT2D eigenvalue weighted by Gasteiger charge is -2.09. The number of aromatic nitrogens is 1. The lowest BCUT2D eigenvalue weighted by molar-refractivity contribution is -0.137. The molecule has 1 aromatic carbocycles. The molecule has 9 heteroatoms. The van der Waals surface area contributed by atoms with Crippen molar-refractivity contribution in [1.82, 2.24) is 4.98 Å². The van der Waals surface area contributed by atoms with Gasteiger partial charge < -0.3 is 15.1 Å². The van der Waals surface area contributed by atoms with Crippen molar-refractivity contribution in [2.75, 3.05) is 17.2 Å². The number of hydrogen-bond acceptors (Lipinski definition) is 5. The highest BCUT2D eigenvalue weighted by Gasteiger charge is 2.30. The maximum atomic E-state index is 12.5. The Labute approximate surface area is 151 Å². The van der Waals surface area contributed by atoms with Crippen LogP contribution >= 0.6 is 0 Å². The number of halogens is 3. The van der Waals surface area contributed by atoms with Crippen LogP contribution in [0.15, 0.2) is 51.8 Å². The maximum absolute atomic E-state index is 12.5. The molecule has 2 heterocycles. The third-order valence-corrected chi connectivity index (χ3v) is 3.76. The van der Waals surface area contributed by atoms with Crippen molar-refractivity contribution < 1.29 is 22.4 Å². The summed E-state index contributed by atoms with van der Waals surface area (Å²) in [5, 5.41) is 5.99. The molecule has 0 unspecified atom stereocenters. The Morgan fingerprint density at radius 3 is 2.63 bits per heavy atom. The van der Waals surface area contributed by atoms with E-state index in [4.69, 9.17) is 4.42 Å². The highest BCUT2D eigenvalue weighted by Crippen LogP contribution is 2.28. The van der Waals surface area contributed by atoms with Gasteiger partial charge in [0.15, 0.2) is 0 Å². The number of nitrogens with zero attached hydrogens (tertiary/aromatic N) is 1. The highest BCUT2D eigenvalue weighted by molar-refractivity contribution is 5.95. The Hall–Kier alpha value is -3.36. The van der Waals surface area contributed by atoms with Gasteiger partial charge in [-0.25, -0.2) is 9.78 Å². The second-order valence-corrected chi connectivity index (χ2v) is 5.79. The normalized spacial score (nSPS) is 11.4. The predicted molar refractivity (Wildman–Crippen MR) is 93.6 cm³/mol. The van der Waals surface area contributed by atoms with E-state index < -0.39 is 23.3 Å². The zero-order chi connectivity index (χ0) is 19.6. The fraction of sp³-hybridized carbons (Fsp3) is 0.167. The van der Waals surface area contributed by atoms with Crippen molar-refractivity contribution in [2.24, 2.45) is 0 Å². The molecule has 0 radical (unpaired) electrons. The van der Waals surface area contributed by atoms with E-state index >= 15 is 0 Å². The van der Waals surface area contributed by atoms with Crippen LogP contribution in [0.2, 0.25) is 0 Å². The van der Waals surface area contributed by atoms with Gasteiger partial charge in [0.25, 0.3) is 0 Å². The minimum Gasteiger partial charge on any atom is -0.423 e. The first-order chi connectivity index (χ1) is 12.7. The minimum atomic E-state index is -4.47. The van der Waals surface area contributed by atoms with Crippen LogP contribution in [0.3, 0.4) is 0 Å². The minimum absolute atomic E-state index is 0.137. The zero-order valence-corrected chi connectivity index (χ0v) is 14.1. The second-order valence-electron chi connectivity index (χ2n) is 5.79. The summed E-state index contributed by atoms with van der Waals surface area (Å²) >= 11 is 0. The molecule has 140 valence electrons. The van der Waals surface area contributed by atoms with Crippen LogP contribution < -0.4 is 16.3 Å². The lowest BCUT2D eigenvalue weighted by Crippen LogP contribution is -2.22. The number of fused-ring (bicyclic) bond motifs is 1. The molecule has 3 aromatic rings. The van der Waals surface area contributed by atoms with Crippen molar-refractivity contribution in [1.29, 1.82) is 0 Å². The largest absolute Gasteiger partial charge is 0.423 e. The monoisotopic (exact) mass is 377 g/mol. The number of carbonyl (C=O) groups excluding carboxylic acids is 1. The van der Waals surface area contributed by atoms with E-state index in [9.17, 15) is 22.8 Å². The van der Waals surface area contributed by atoms with E-state index in [-0.39, 0.29) is 12.4 Å². The SMILES string of the molecule is Cc1cc(=O)oc2cc(NC(=O)CNc3ccc(C(F)(F)F)cn3)ccc12. The Balaban J connectivity index is 1.64. The molecule has 0 bridgehead atoms. The smallest absolute Gasteiger partial charge is 0.417 e. The molecule has 0 saturated carbocycles. The molecule has 0 aliphatic heterocycles. The molecule has 1 amide bonds. The molecule has 2 aromatic heterocycles. The van der Waals surface area contributed by atoms with Crippen LogP contribution in [-0.4, -0.2) is 17.4 Å². The van der Waals surface area contributed by atoms with Crippen LogP contribution in [0.25, 0.3) is 11.0 Å². The summed E-state index contributed by atoms with van der Waals surface area (Å²) in [5.74, 6) is -0.302. The van der Waals surface area contributed by atoms with Crippen molar-refractivity contribution >= 4 is 28.4 Å². The van der Waals surface area contributed by atoms with E-state index in [0.717, 1.165) is 23.1 Å². The van der Waals surface area contributed by atoms with E-state index in [2.05, 4.69) is 15.6 Å². The number of pyridine rings is 1. The van der Waals surface area contributed by atoms with Gasteiger partial charge in [-0.05, 0) is 36.8 Å². The number of hydrogen-bond donors (Lipinski definition) is 2. The summed E-state index contributed by atoms with van der Waals surface area (Å²) in [6.07, 6.45) is -3.78. The van der Waals surface area contributed by atoms with E-state index in [1.54, 1.807) is 19.1 Å². The van der Waals surface area contributed by atoms with Crippen molar-refractivity contribution in [3.05, 3.63) is 64.1 Å². The summed E-state index contributed by atoms with van der Waals surface area (Å²) in [6.45, 7) is 1.58. The van der Waals surface area contributed by atoms with Gasteiger partial charge in [0.2, 0.25) is 5.91 Å². The zero-order valence-electron chi connectivity index (χ0n) is 14.1. The molecule has 0 spiro atoms. The van der Waals surface area contributed by atoms with Gasteiger partial charge >= 0.3 is 11.8 Å². The third kappa shape index (κ3) is 4.43. The van der Waals surface area contributed by atoms with Crippen molar-refractivity contribution in [3.63, 3.8) is 0 Å². The average Bonchev–Trinajstić information content (AvgIpc) is 2.59. The molecule has 0 aliphatic rings. The molecule has 0 saturated heterocycles. The van der Waals surface area contributed by atoms with Crippen LogP contribution in [0, 0.1) is 6.92 Å². The molecular weight excluding hydrogens is 363 g/mol. The first-order valence-electron chi connectivity index (χ1n) is 7.84. The quantitative estimate of drug-likeness (QED) is 0.679. The molecule has 2 N–H and O–H groups in total. The molecule has 0 atom stereocenters. The number of benzene rings is 1. The average molecular weight is 377 g/mol. The van der Waals surface area contributed by atoms with Crippen molar-refractivity contribution in [2.45, 2.75) is 13.1 Å². The molecule has 0 fully saturated rings. The number of carbonyl (C=O) groups is 1. The van der Waals surface area contributed by atoms with Crippen LogP contribution in [0.1, 0.15) is 11.1 Å². The summed E-state index contributed by atoms with van der Waals surface area (Å²) in [5.41, 5.74) is 0.164. The predicted octanol–water partition coefficient (Wildman–Crippen LogP) is 3.57. The lowest BCUT2D eigenvalue weighted by atomic mass is 10.1. The first-order valence-corrected chi connectivity index (χ1v) is 7.84. The standard InChI is InChI=1S/C18H14F3N3O3/c1-10-6-17(26)27-14-7-12(3-4-13(10)14)24-16(25)9-23-15-5-2-11(8-22-15)18(19,20)21/h2-8H,9H2,1H3,(H,22,23)(H,24,25). The number of amides is 1. The summed E-state index contributed by atoms with van der Waals surface area (Å²) in [6, 6.07) is 8.29. The van der Waals surface area contributed by atoms with Gasteiger partial charge in [0.05, 0.1) is 12.1 Å². The first kappa shape index (κ1) is 18.4. The van der Waals surface area contributed by atoms with E-state index in [1.807, 2.05) is 0 Å². The topological polar surface area (TPSA) is 84.2 Å². The number of aryl methyl sites for hydroxylation is 1. The fourth-order valence-corrected chi connectivity index (χ4v) is 2.44. The van der Waals surface area contributed by atoms with Crippen molar-refractivity contribution in [3.8, 4) is 0 Å². The molecule has 0 aliphatic carbocycles. The second kappa shape index (κ2) is 7.10. The van der Waals surface area contributed by atoms with Gasteiger partial charge in [-0.15, -0.1) is 0 Å². The van der Waals surface area contributed by atoms with Gasteiger partial charge in [-0.2, -0.15) is 13.2 Å². The van der Waals surface area contributed by atoms with Gasteiger partial charge in [0, 0.05) is 29.4 Å². The Morgan fingerprint density at radius 2 is 1.96 bits per heavy atom. The van der Waals surface area contributed by atoms with Gasteiger partial charge in [0.1, 0.15) is 11.4 Å².